The van der Waals surface area contributed by atoms with Gasteiger partial charge in [0.25, 0.3) is 0 Å². The van der Waals surface area contributed by atoms with Gasteiger partial charge in [0.05, 0.1) is 5.56 Å². The van der Waals surface area contributed by atoms with Gasteiger partial charge in [0.1, 0.15) is 5.75 Å². The minimum absolute atomic E-state index is 0. The van der Waals surface area contributed by atoms with Crippen molar-refractivity contribution in [1.29, 1.82) is 0 Å². The van der Waals surface area contributed by atoms with Crippen molar-refractivity contribution in [2.45, 2.75) is 6.54 Å². The minimum atomic E-state index is -0.402. The summed E-state index contributed by atoms with van der Waals surface area (Å²) in [5.74, 6) is 0.0631. The summed E-state index contributed by atoms with van der Waals surface area (Å²) in [6.45, 7) is 0.451. The second kappa shape index (κ2) is 7.14. The lowest BCUT2D eigenvalue weighted by molar-refractivity contribution is 0.0735. The Kier molecular flexibility index (Phi) is 5.83. The predicted octanol–water partition coefficient (Wildman–Crippen LogP) is 3.44. The molecule has 5 heteroatoms. The number of carbonyl (C=O) groups is 1. The first-order valence-electron chi connectivity index (χ1n) is 5.46. The van der Waals surface area contributed by atoms with Gasteiger partial charge in [0.15, 0.2) is 0 Å². The van der Waals surface area contributed by atoms with Crippen LogP contribution in [0.1, 0.15) is 15.9 Å². The van der Waals surface area contributed by atoms with Crippen LogP contribution in [0.2, 0.25) is 5.02 Å². The summed E-state index contributed by atoms with van der Waals surface area (Å²) < 4.78 is 5.20. The van der Waals surface area contributed by atoms with Crippen molar-refractivity contribution in [3.05, 3.63) is 64.7 Å². The molecule has 0 aliphatic rings. The summed E-state index contributed by atoms with van der Waals surface area (Å²) in [7, 11) is 0. The molecule has 2 aromatic rings. The molecule has 0 spiro atoms. The molecule has 0 aliphatic heterocycles. The highest BCUT2D eigenvalue weighted by Crippen LogP contribution is 2.17. The van der Waals surface area contributed by atoms with Crippen LogP contribution in [0.4, 0.5) is 0 Å². The van der Waals surface area contributed by atoms with Crippen molar-refractivity contribution >= 4 is 30.0 Å². The first-order chi connectivity index (χ1) is 8.69. The van der Waals surface area contributed by atoms with Crippen LogP contribution in [0.25, 0.3) is 0 Å². The molecule has 0 saturated carbocycles. The highest BCUT2D eigenvalue weighted by molar-refractivity contribution is 6.30. The summed E-state index contributed by atoms with van der Waals surface area (Å²) in [6.07, 6.45) is 0. The predicted molar refractivity (Wildman–Crippen MR) is 78.0 cm³/mol. The fourth-order valence-corrected chi connectivity index (χ4v) is 1.57. The van der Waals surface area contributed by atoms with E-state index in [1.54, 1.807) is 48.5 Å². The van der Waals surface area contributed by atoms with E-state index in [4.69, 9.17) is 22.1 Å². The number of hydrogen-bond acceptors (Lipinski definition) is 3. The average Bonchev–Trinajstić information content (AvgIpc) is 2.41. The Morgan fingerprint density at radius 2 is 1.63 bits per heavy atom. The highest BCUT2D eigenvalue weighted by atomic mass is 35.5. The standard InChI is InChI=1S/C14H12ClNO2.ClH/c15-12-5-7-13(8-6-12)18-14(17)11-3-1-10(9-16)2-4-11;/h1-8H,9,16H2;1H. The van der Waals surface area contributed by atoms with Gasteiger partial charge in [-0.3, -0.25) is 0 Å². The van der Waals surface area contributed by atoms with E-state index in [2.05, 4.69) is 0 Å². The molecule has 2 N–H and O–H groups in total. The molecule has 0 amide bonds. The highest BCUT2D eigenvalue weighted by Gasteiger charge is 2.08. The summed E-state index contributed by atoms with van der Waals surface area (Å²) in [6, 6.07) is 13.6. The number of ether oxygens (including phenoxy) is 1. The average molecular weight is 298 g/mol. The Hall–Kier alpha value is -1.55. The summed E-state index contributed by atoms with van der Waals surface area (Å²) >= 11 is 5.75. The molecule has 0 saturated heterocycles. The minimum Gasteiger partial charge on any atom is -0.423 e. The Balaban J connectivity index is 0.00000180. The Bertz CT molecular complexity index is 538. The van der Waals surface area contributed by atoms with Crippen molar-refractivity contribution in [3.8, 4) is 5.75 Å². The fraction of sp³-hybridized carbons (Fsp3) is 0.0714. The van der Waals surface area contributed by atoms with Crippen LogP contribution in [0.3, 0.4) is 0 Å². The number of esters is 1. The molecule has 3 nitrogen and oxygen atoms in total. The van der Waals surface area contributed by atoms with Gasteiger partial charge in [-0.05, 0) is 42.0 Å². The second-order valence-corrected chi connectivity index (χ2v) is 4.18. The molecule has 0 fully saturated rings. The molecular weight excluding hydrogens is 285 g/mol. The topological polar surface area (TPSA) is 52.3 Å². The van der Waals surface area contributed by atoms with Crippen LogP contribution in [0.15, 0.2) is 48.5 Å². The number of hydrogen-bond donors (Lipinski definition) is 1. The zero-order chi connectivity index (χ0) is 13.0. The molecule has 0 aromatic heterocycles. The van der Waals surface area contributed by atoms with Crippen LogP contribution < -0.4 is 10.5 Å². The van der Waals surface area contributed by atoms with E-state index >= 15 is 0 Å². The van der Waals surface area contributed by atoms with Gasteiger partial charge in [0.2, 0.25) is 0 Å². The third kappa shape index (κ3) is 4.24. The van der Waals surface area contributed by atoms with Crippen molar-refractivity contribution in [2.24, 2.45) is 5.73 Å². The van der Waals surface area contributed by atoms with Crippen LogP contribution in [-0.4, -0.2) is 5.97 Å². The number of carbonyl (C=O) groups excluding carboxylic acids is 1. The molecule has 100 valence electrons. The maximum Gasteiger partial charge on any atom is 0.343 e. The number of halogens is 2. The number of nitrogens with two attached hydrogens (primary N) is 1. The van der Waals surface area contributed by atoms with Gasteiger partial charge in [-0.25, -0.2) is 4.79 Å². The van der Waals surface area contributed by atoms with Gasteiger partial charge in [0, 0.05) is 11.6 Å². The van der Waals surface area contributed by atoms with Crippen LogP contribution in [0.5, 0.6) is 5.75 Å². The third-order valence-electron chi connectivity index (χ3n) is 2.45. The fourth-order valence-electron chi connectivity index (χ4n) is 1.45. The van der Waals surface area contributed by atoms with Crippen molar-refractivity contribution in [1.82, 2.24) is 0 Å². The molecule has 0 aliphatic carbocycles. The number of rotatable bonds is 3. The Labute approximate surface area is 122 Å². The monoisotopic (exact) mass is 297 g/mol. The maximum atomic E-state index is 11.8. The zero-order valence-electron chi connectivity index (χ0n) is 10.0. The van der Waals surface area contributed by atoms with Gasteiger partial charge >= 0.3 is 5.97 Å². The lowest BCUT2D eigenvalue weighted by Gasteiger charge is -2.05. The van der Waals surface area contributed by atoms with Crippen LogP contribution >= 0.6 is 24.0 Å². The molecule has 0 bridgehead atoms. The van der Waals surface area contributed by atoms with E-state index in [1.807, 2.05) is 0 Å². The molecular formula is C14H13Cl2NO2. The Morgan fingerprint density at radius 1 is 1.05 bits per heavy atom. The van der Waals surface area contributed by atoms with E-state index in [1.165, 1.54) is 0 Å². The van der Waals surface area contributed by atoms with Crippen molar-refractivity contribution in [2.75, 3.05) is 0 Å². The lowest BCUT2D eigenvalue weighted by Crippen LogP contribution is -2.08. The zero-order valence-corrected chi connectivity index (χ0v) is 11.6. The molecule has 2 aromatic carbocycles. The van der Waals surface area contributed by atoms with E-state index in [0.29, 0.717) is 22.9 Å². The first kappa shape index (κ1) is 15.5. The largest absolute Gasteiger partial charge is 0.423 e. The maximum absolute atomic E-state index is 11.8. The summed E-state index contributed by atoms with van der Waals surface area (Å²) in [5.41, 5.74) is 6.94. The summed E-state index contributed by atoms with van der Waals surface area (Å²) in [5, 5.41) is 0.599. The van der Waals surface area contributed by atoms with Gasteiger partial charge in [-0.15, -0.1) is 12.4 Å². The van der Waals surface area contributed by atoms with Gasteiger partial charge in [-0.2, -0.15) is 0 Å². The smallest absolute Gasteiger partial charge is 0.343 e. The molecule has 2 rings (SSSR count). The number of benzene rings is 2. The van der Waals surface area contributed by atoms with Crippen molar-refractivity contribution < 1.29 is 9.53 Å². The summed E-state index contributed by atoms with van der Waals surface area (Å²) in [4.78, 5) is 11.8. The molecule has 0 unspecified atom stereocenters. The first-order valence-corrected chi connectivity index (χ1v) is 5.83. The van der Waals surface area contributed by atoms with Gasteiger partial charge in [-0.1, -0.05) is 23.7 Å². The second-order valence-electron chi connectivity index (χ2n) is 3.74. The SMILES string of the molecule is Cl.NCc1ccc(C(=O)Oc2ccc(Cl)cc2)cc1. The Morgan fingerprint density at radius 3 is 2.16 bits per heavy atom. The molecule has 19 heavy (non-hydrogen) atoms. The normalized spacial score (nSPS) is 9.58. The van der Waals surface area contributed by atoms with E-state index in [-0.39, 0.29) is 12.4 Å². The molecule has 0 radical (unpaired) electrons. The van der Waals surface area contributed by atoms with E-state index in [9.17, 15) is 4.79 Å². The third-order valence-corrected chi connectivity index (χ3v) is 2.70. The van der Waals surface area contributed by atoms with Gasteiger partial charge < -0.3 is 10.5 Å². The van der Waals surface area contributed by atoms with Crippen LogP contribution in [0, 0.1) is 0 Å². The lowest BCUT2D eigenvalue weighted by atomic mass is 10.1. The quantitative estimate of drug-likeness (QED) is 0.697. The van der Waals surface area contributed by atoms with E-state index < -0.39 is 5.97 Å². The molecule has 0 heterocycles. The van der Waals surface area contributed by atoms with Crippen molar-refractivity contribution in [3.63, 3.8) is 0 Å². The van der Waals surface area contributed by atoms with Crippen LogP contribution in [-0.2, 0) is 6.54 Å². The van der Waals surface area contributed by atoms with E-state index in [0.717, 1.165) is 5.56 Å². The molecule has 0 atom stereocenters.